The number of piperidine rings is 1. The number of nitrogens with zero attached hydrogens (tertiary/aromatic N) is 5. The van der Waals surface area contributed by atoms with Crippen LogP contribution in [-0.2, 0) is 40.4 Å². The molecule has 16 heteroatoms. The molecule has 1 atom stereocenters. The molecule has 1 aromatic carbocycles. The number of hydrogen-bond acceptors (Lipinski definition) is 9. The van der Waals surface area contributed by atoms with Crippen LogP contribution in [0.1, 0.15) is 52.3 Å². The van der Waals surface area contributed by atoms with Crippen LogP contribution in [0.3, 0.4) is 0 Å². The molecule has 0 bridgehead atoms. The van der Waals surface area contributed by atoms with Crippen molar-refractivity contribution in [2.45, 2.75) is 63.8 Å². The smallest absolute Gasteiger partial charge is 0.325 e. The normalized spacial score (nSPS) is 19.5. The zero-order valence-electron chi connectivity index (χ0n) is 23.2. The Balaban J connectivity index is 1.37. The van der Waals surface area contributed by atoms with Crippen molar-refractivity contribution in [2.24, 2.45) is 0 Å². The van der Waals surface area contributed by atoms with E-state index < -0.39 is 53.5 Å². The molecule has 3 amide bonds. The summed E-state index contributed by atoms with van der Waals surface area (Å²) < 4.78 is 33.6. The van der Waals surface area contributed by atoms with Crippen molar-refractivity contribution in [3.63, 3.8) is 0 Å². The SMILES string of the molecule is Cc1noc2c1C(=O)NC1(CCN(Cc3ccc(F)c(F)c3)CC1)CC(=O)N[C@H](Cc1cn(CC(=O)O)nn1)C(=O)NC2. The summed E-state index contributed by atoms with van der Waals surface area (Å²) in [6, 6.07) is 2.64. The summed E-state index contributed by atoms with van der Waals surface area (Å²) in [5.41, 5.74) is 0.379. The predicted octanol–water partition coefficient (Wildman–Crippen LogP) is 0.449. The largest absolute Gasteiger partial charge is 0.480 e. The fraction of sp³-hybridized carbons (Fsp3) is 0.444. The molecule has 0 saturated carbocycles. The summed E-state index contributed by atoms with van der Waals surface area (Å²) in [6.45, 7) is 2.25. The van der Waals surface area contributed by atoms with Gasteiger partial charge in [-0.25, -0.2) is 13.5 Å². The number of carbonyl (C=O) groups is 4. The highest BCUT2D eigenvalue weighted by molar-refractivity contribution is 5.97. The number of amides is 3. The number of carbonyl (C=O) groups excluding carboxylic acids is 3. The maximum absolute atomic E-state index is 13.7. The number of fused-ring (bicyclic) bond motifs is 1. The van der Waals surface area contributed by atoms with Crippen molar-refractivity contribution in [3.8, 4) is 0 Å². The van der Waals surface area contributed by atoms with Crippen LogP contribution < -0.4 is 16.0 Å². The molecule has 43 heavy (non-hydrogen) atoms. The molecule has 2 aromatic heterocycles. The first-order valence-corrected chi connectivity index (χ1v) is 13.6. The van der Waals surface area contributed by atoms with Gasteiger partial charge in [-0.05, 0) is 37.5 Å². The van der Waals surface area contributed by atoms with E-state index in [0.29, 0.717) is 49.4 Å². The van der Waals surface area contributed by atoms with Crippen LogP contribution in [0, 0.1) is 18.6 Å². The number of hydrogen-bond donors (Lipinski definition) is 4. The van der Waals surface area contributed by atoms with E-state index in [2.05, 4.69) is 31.4 Å². The molecule has 14 nitrogen and oxygen atoms in total. The number of rotatable bonds is 6. The van der Waals surface area contributed by atoms with Crippen LogP contribution in [0.25, 0.3) is 0 Å². The molecule has 0 unspecified atom stereocenters. The Hall–Kier alpha value is -4.73. The third-order valence-electron chi connectivity index (χ3n) is 7.61. The summed E-state index contributed by atoms with van der Waals surface area (Å²) in [4.78, 5) is 53.1. The van der Waals surface area contributed by atoms with Gasteiger partial charge in [-0.1, -0.05) is 16.4 Å². The molecule has 1 fully saturated rings. The quantitative estimate of drug-likeness (QED) is 0.310. The zero-order chi connectivity index (χ0) is 30.7. The van der Waals surface area contributed by atoms with E-state index in [4.69, 9.17) is 9.63 Å². The lowest BCUT2D eigenvalue weighted by Gasteiger charge is -2.42. The molecule has 3 aromatic rings. The number of carboxylic acid groups (broad SMARTS) is 1. The highest BCUT2D eigenvalue weighted by Crippen LogP contribution is 2.29. The first-order valence-electron chi connectivity index (χ1n) is 13.6. The van der Waals surface area contributed by atoms with Gasteiger partial charge in [-0.2, -0.15) is 0 Å². The first-order chi connectivity index (χ1) is 20.5. The van der Waals surface area contributed by atoms with Gasteiger partial charge in [-0.15, -0.1) is 5.10 Å². The summed E-state index contributed by atoms with van der Waals surface area (Å²) in [5, 5.41) is 29.0. The molecule has 4 heterocycles. The van der Waals surface area contributed by atoms with Crippen molar-refractivity contribution >= 4 is 23.7 Å². The summed E-state index contributed by atoms with van der Waals surface area (Å²) >= 11 is 0. The van der Waals surface area contributed by atoms with Gasteiger partial charge >= 0.3 is 5.97 Å². The number of aromatic nitrogens is 4. The van der Waals surface area contributed by atoms with Gasteiger partial charge in [-0.3, -0.25) is 24.1 Å². The van der Waals surface area contributed by atoms with Gasteiger partial charge in [0.1, 0.15) is 18.2 Å². The molecular weight excluding hydrogens is 570 g/mol. The van der Waals surface area contributed by atoms with Gasteiger partial charge in [0.25, 0.3) is 5.91 Å². The van der Waals surface area contributed by atoms with Crippen molar-refractivity contribution in [1.29, 1.82) is 0 Å². The van der Waals surface area contributed by atoms with Crippen molar-refractivity contribution in [2.75, 3.05) is 13.1 Å². The molecule has 2 aliphatic rings. The first kappa shape index (κ1) is 29.8. The fourth-order valence-corrected chi connectivity index (χ4v) is 5.42. The molecule has 1 saturated heterocycles. The second kappa shape index (κ2) is 12.2. The highest BCUT2D eigenvalue weighted by atomic mass is 19.2. The van der Waals surface area contributed by atoms with Crippen LogP contribution in [0.2, 0.25) is 0 Å². The third kappa shape index (κ3) is 7.02. The summed E-state index contributed by atoms with van der Waals surface area (Å²) in [7, 11) is 0. The van der Waals surface area contributed by atoms with Crippen LogP contribution in [-0.4, -0.2) is 78.5 Å². The van der Waals surface area contributed by atoms with Gasteiger partial charge in [0.05, 0.1) is 23.5 Å². The lowest BCUT2D eigenvalue weighted by Crippen LogP contribution is -2.58. The second-order valence-corrected chi connectivity index (χ2v) is 10.8. The summed E-state index contributed by atoms with van der Waals surface area (Å²) in [5.74, 6) is -4.38. The van der Waals surface area contributed by atoms with E-state index in [-0.39, 0.29) is 30.7 Å². The van der Waals surface area contributed by atoms with E-state index in [1.807, 2.05) is 4.90 Å². The Morgan fingerprint density at radius 1 is 1.19 bits per heavy atom. The molecule has 4 N–H and O–H groups in total. The second-order valence-electron chi connectivity index (χ2n) is 10.8. The molecule has 0 radical (unpaired) electrons. The number of nitrogens with one attached hydrogen (secondary N) is 3. The van der Waals surface area contributed by atoms with E-state index in [1.165, 1.54) is 12.3 Å². The minimum Gasteiger partial charge on any atom is -0.480 e. The Labute approximate surface area is 243 Å². The fourth-order valence-electron chi connectivity index (χ4n) is 5.42. The van der Waals surface area contributed by atoms with Crippen molar-refractivity contribution in [3.05, 3.63) is 64.3 Å². The topological polar surface area (TPSA) is 185 Å². The monoisotopic (exact) mass is 600 g/mol. The number of aryl methyl sites for hydroxylation is 1. The number of carboxylic acids is 1. The number of likely N-dealkylation sites (tertiary alicyclic amines) is 1. The third-order valence-corrected chi connectivity index (χ3v) is 7.61. The number of benzene rings is 1. The van der Waals surface area contributed by atoms with Crippen LogP contribution in [0.15, 0.2) is 28.9 Å². The average molecular weight is 601 g/mol. The van der Waals surface area contributed by atoms with E-state index >= 15 is 0 Å². The zero-order valence-corrected chi connectivity index (χ0v) is 23.2. The molecule has 1 spiro atoms. The van der Waals surface area contributed by atoms with Crippen molar-refractivity contribution < 1.29 is 37.6 Å². The molecule has 228 valence electrons. The molecule has 0 aliphatic carbocycles. The maximum Gasteiger partial charge on any atom is 0.325 e. The Morgan fingerprint density at radius 2 is 1.95 bits per heavy atom. The minimum absolute atomic E-state index is 0.0686. The Morgan fingerprint density at radius 3 is 2.67 bits per heavy atom. The summed E-state index contributed by atoms with van der Waals surface area (Å²) in [6.07, 6.45) is 1.88. The molecular formula is C27H30F2N8O6. The van der Waals surface area contributed by atoms with Gasteiger partial charge < -0.3 is 25.6 Å². The predicted molar refractivity (Wildman–Crippen MR) is 142 cm³/mol. The van der Waals surface area contributed by atoms with Crippen LogP contribution in [0.5, 0.6) is 0 Å². The van der Waals surface area contributed by atoms with E-state index in [1.54, 1.807) is 6.92 Å². The van der Waals surface area contributed by atoms with Gasteiger partial charge in [0.2, 0.25) is 11.8 Å². The van der Waals surface area contributed by atoms with E-state index in [9.17, 15) is 28.0 Å². The highest BCUT2D eigenvalue weighted by Gasteiger charge is 2.40. The average Bonchev–Trinajstić information content (AvgIpc) is 3.54. The minimum atomic E-state index is -1.12. The maximum atomic E-state index is 13.7. The Kier molecular flexibility index (Phi) is 8.47. The Bertz CT molecular complexity index is 1550. The standard InChI is InChI=1S/C27H30F2N8O6/c1-15-24-21(43-34-15)11-30-25(41)20(9-17-13-37(35-33-17)14-23(39)40)31-22(38)10-27(32-26(24)42)4-6-36(7-5-27)12-16-2-3-18(28)19(29)8-16/h2-3,8,13,20H,4-7,9-12,14H2,1H3,(H,30,41)(H,31,38)(H,32,42)(H,39,40)/t20-/m1/s1. The number of aliphatic carboxylic acids is 1. The van der Waals surface area contributed by atoms with Crippen LogP contribution >= 0.6 is 0 Å². The lowest BCUT2D eigenvalue weighted by molar-refractivity contribution is -0.138. The molecule has 2 aliphatic heterocycles. The number of halogens is 2. The van der Waals surface area contributed by atoms with E-state index in [0.717, 1.165) is 16.8 Å². The molecule has 5 rings (SSSR count). The van der Waals surface area contributed by atoms with Gasteiger partial charge in [0.15, 0.2) is 17.4 Å². The van der Waals surface area contributed by atoms with Gasteiger partial charge in [0, 0.05) is 38.7 Å². The van der Waals surface area contributed by atoms with Crippen LogP contribution in [0.4, 0.5) is 8.78 Å². The lowest BCUT2D eigenvalue weighted by atomic mass is 9.83. The van der Waals surface area contributed by atoms with Crippen molar-refractivity contribution in [1.82, 2.24) is 41.0 Å².